The first-order chi connectivity index (χ1) is 45.3. The monoisotopic (exact) mass is 1310 g/mol. The number of carbonyl (C=O) groups is 9. The Balaban J connectivity index is 0.800. The molecule has 10 amide bonds. The summed E-state index contributed by atoms with van der Waals surface area (Å²) in [5.41, 5.74) is 14.7. The predicted molar refractivity (Wildman–Crippen MR) is 359 cm³/mol. The van der Waals surface area contributed by atoms with Gasteiger partial charge in [0.15, 0.2) is 0 Å². The van der Waals surface area contributed by atoms with Gasteiger partial charge in [-0.25, -0.2) is 9.59 Å². The van der Waals surface area contributed by atoms with Crippen LogP contribution in [0.5, 0.6) is 5.75 Å². The Labute approximate surface area is 558 Å². The highest BCUT2D eigenvalue weighted by atomic mass is 16.5. The van der Waals surface area contributed by atoms with Crippen molar-refractivity contribution in [3.8, 4) is 17.6 Å². The van der Waals surface area contributed by atoms with Gasteiger partial charge in [-0.3, -0.25) is 38.9 Å². The molecule has 23 nitrogen and oxygen atoms in total. The molecule has 0 bridgehead atoms. The highest BCUT2D eigenvalue weighted by Gasteiger charge is 2.58. The molecule has 8 rings (SSSR count). The first-order valence-corrected chi connectivity index (χ1v) is 34.1. The topological polar surface area (TPSA) is 361 Å². The number of urea groups is 1. The van der Waals surface area contributed by atoms with Crippen LogP contribution in [0.15, 0.2) is 60.7 Å². The zero-order valence-electron chi connectivity index (χ0n) is 56.1. The molecule has 3 aromatic rings. The number of phenolic OH excluding ortho intramolecular Hbond substituents is 1. The summed E-state index contributed by atoms with van der Waals surface area (Å²) in [7, 11) is 0. The number of amides is 10. The Morgan fingerprint density at radius 3 is 1.89 bits per heavy atom. The van der Waals surface area contributed by atoms with E-state index in [1.54, 1.807) is 50.2 Å². The molecular formula is C72H100N10O13. The fraction of sp³-hybridized carbons (Fsp3) is 0.597. The molecule has 0 spiro atoms. The van der Waals surface area contributed by atoms with Gasteiger partial charge in [-0.05, 0) is 196 Å². The van der Waals surface area contributed by atoms with Crippen LogP contribution in [0, 0.1) is 40.4 Å². The number of nitrogens with two attached hydrogens (primary N) is 2. The van der Waals surface area contributed by atoms with Crippen molar-refractivity contribution in [1.82, 2.24) is 31.9 Å². The van der Waals surface area contributed by atoms with Crippen LogP contribution in [-0.2, 0) is 73.3 Å². The fourth-order valence-corrected chi connectivity index (χ4v) is 15.6. The van der Waals surface area contributed by atoms with Gasteiger partial charge in [0.05, 0.1) is 23.5 Å². The zero-order valence-corrected chi connectivity index (χ0v) is 56.1. The molecule has 2 saturated carbocycles. The third-order valence-corrected chi connectivity index (χ3v) is 21.0. The van der Waals surface area contributed by atoms with E-state index in [1.807, 2.05) is 38.1 Å². The van der Waals surface area contributed by atoms with Gasteiger partial charge in [0.1, 0.15) is 43.2 Å². The third kappa shape index (κ3) is 18.1. The molecule has 23 heteroatoms. The number of imide groups is 1. The summed E-state index contributed by atoms with van der Waals surface area (Å²) in [6.45, 7) is 11.2. The number of primary amides is 1. The molecular weight excluding hydrogens is 1210 g/mol. The van der Waals surface area contributed by atoms with Crippen molar-refractivity contribution in [2.24, 2.45) is 40.1 Å². The first kappa shape index (κ1) is 72.8. The van der Waals surface area contributed by atoms with Crippen LogP contribution in [0.2, 0.25) is 0 Å². The molecule has 5 aliphatic carbocycles. The molecule has 14 N–H and O–H groups in total. The van der Waals surface area contributed by atoms with E-state index in [-0.39, 0.29) is 85.8 Å². The molecule has 2 fully saturated rings. The quantitative estimate of drug-likeness (QED) is 0.0209. The Hall–Kier alpha value is -8.07. The number of anilines is 2. The van der Waals surface area contributed by atoms with Crippen LogP contribution in [-0.4, -0.2) is 120 Å². The fourth-order valence-electron chi connectivity index (χ4n) is 15.6. The highest BCUT2D eigenvalue weighted by Crippen LogP contribution is 2.60. The van der Waals surface area contributed by atoms with Crippen LogP contribution in [0.4, 0.5) is 21.0 Å². The lowest BCUT2D eigenvalue weighted by Crippen LogP contribution is -2.60. The van der Waals surface area contributed by atoms with Gasteiger partial charge < -0.3 is 68.4 Å². The molecule has 3 aromatic carbocycles. The van der Waals surface area contributed by atoms with Crippen molar-refractivity contribution in [3.05, 3.63) is 88.5 Å². The largest absolute Gasteiger partial charge is 0.508 e. The Kier molecular flexibility index (Phi) is 25.0. The number of aryl methyl sites for hydroxylation is 2. The smallest absolute Gasteiger partial charge is 0.408 e. The lowest BCUT2D eigenvalue weighted by Gasteiger charge is -2.56. The second kappa shape index (κ2) is 32.6. The van der Waals surface area contributed by atoms with Crippen molar-refractivity contribution in [1.29, 1.82) is 0 Å². The molecule has 11 atom stereocenters. The number of ether oxygens (including phenoxy) is 2. The summed E-state index contributed by atoms with van der Waals surface area (Å²) in [6.07, 6.45) is 12.8. The number of aliphatic hydroxyl groups is 1. The van der Waals surface area contributed by atoms with E-state index in [1.165, 1.54) is 5.56 Å². The minimum Gasteiger partial charge on any atom is -0.508 e. The van der Waals surface area contributed by atoms with Crippen LogP contribution in [0.1, 0.15) is 185 Å². The van der Waals surface area contributed by atoms with Crippen molar-refractivity contribution >= 4 is 64.8 Å². The number of unbranched alkanes of at least 4 members (excludes halogenated alkanes) is 1. The molecule has 0 heterocycles. The van der Waals surface area contributed by atoms with Gasteiger partial charge in [0.2, 0.25) is 41.4 Å². The van der Waals surface area contributed by atoms with Gasteiger partial charge in [0, 0.05) is 30.9 Å². The Bertz CT molecular complexity index is 3350. The normalized spacial score (nSPS) is 24.7. The maximum Gasteiger partial charge on any atom is 0.408 e. The average molecular weight is 1310 g/mol. The molecule has 5 aliphatic rings. The zero-order chi connectivity index (χ0) is 68.7. The van der Waals surface area contributed by atoms with Crippen LogP contribution in [0.3, 0.4) is 0 Å². The van der Waals surface area contributed by atoms with Crippen molar-refractivity contribution in [2.75, 3.05) is 36.9 Å². The number of hydrogen-bond acceptors (Lipinski definition) is 14. The van der Waals surface area contributed by atoms with Gasteiger partial charge in [-0.2, -0.15) is 0 Å². The second-order valence-electron chi connectivity index (χ2n) is 28.1. The molecule has 95 heavy (non-hydrogen) atoms. The molecule has 0 saturated heterocycles. The second-order valence-corrected chi connectivity index (χ2v) is 28.1. The molecule has 0 aliphatic heterocycles. The number of aliphatic hydroxyl groups excluding tert-OH is 1. The van der Waals surface area contributed by atoms with Gasteiger partial charge in [0.25, 0.3) is 0 Å². The van der Waals surface area contributed by atoms with Gasteiger partial charge in [-0.1, -0.05) is 91.0 Å². The minimum absolute atomic E-state index is 0.0145. The standard InChI is InChI=1S/C72H100N10O13/c1-44(2)60(81-61(86)54(73)19-12-13-37-75-59(85)43-94-51-17-10-8-7-9-11-18-51)64(89)79-55(20-14-38-76-67(74)92)62(87)77-48-27-21-45(22-28-48)42-95-68(93)80-56(41-83)63(88)78-49-29-23-46-25-31-57-69(3,52(46)39-49)33-15-35-71(57,5)65(90)82-66(91)72(6)36-16-34-70(4)53-40-50(84)30-24-47(53)26-32-58(70)72/h21-24,27-30,39-40,44,51,54-58,60,83-84H,7-10,12-17,19-20,25-26,31-38,41-43,73H2,1-6H3,(H,75,85)(H,77,87)(H,78,88)(H,79,89)(H,80,93)(H,81,86)(H3,74,76,92)(H,82,90,91)/t51?,54-,55+,56+,57-,58-,60+,69-,70-,71+,72+/m1/s1. The summed E-state index contributed by atoms with van der Waals surface area (Å²) >= 11 is 0. The number of alkyl carbamates (subject to hydrolysis) is 1. The van der Waals surface area contributed by atoms with E-state index in [0.29, 0.717) is 55.6 Å². The van der Waals surface area contributed by atoms with E-state index in [0.717, 1.165) is 93.7 Å². The van der Waals surface area contributed by atoms with Crippen LogP contribution < -0.4 is 54.0 Å². The van der Waals surface area contributed by atoms with Crippen LogP contribution >= 0.6 is 0 Å². The van der Waals surface area contributed by atoms with Gasteiger partial charge in [-0.15, -0.1) is 5.92 Å². The number of benzene rings is 3. The number of nitrogens with one attached hydrogen (secondary N) is 8. The maximum absolute atomic E-state index is 14.8. The Morgan fingerprint density at radius 2 is 1.25 bits per heavy atom. The number of hydrogen-bond donors (Lipinski definition) is 12. The summed E-state index contributed by atoms with van der Waals surface area (Å²) in [5, 5.41) is 42.7. The number of aromatic hydroxyl groups is 1. The lowest BCUT2D eigenvalue weighted by atomic mass is 9.49. The predicted octanol–water partition coefficient (Wildman–Crippen LogP) is 6.96. The van der Waals surface area contributed by atoms with Crippen molar-refractivity contribution in [2.45, 2.75) is 218 Å². The molecule has 516 valence electrons. The number of fused-ring (bicyclic) bond motifs is 6. The van der Waals surface area contributed by atoms with E-state index in [9.17, 15) is 53.4 Å². The van der Waals surface area contributed by atoms with E-state index in [2.05, 4.69) is 68.2 Å². The van der Waals surface area contributed by atoms with Crippen LogP contribution in [0.25, 0.3) is 0 Å². The molecule has 0 radical (unpaired) electrons. The summed E-state index contributed by atoms with van der Waals surface area (Å²) in [6, 6.07) is 12.2. The average Bonchev–Trinajstić information content (AvgIpc) is 0.729. The van der Waals surface area contributed by atoms with E-state index in [4.69, 9.17) is 20.9 Å². The minimum atomic E-state index is -1.39. The van der Waals surface area contributed by atoms with E-state index < -0.39 is 88.7 Å². The van der Waals surface area contributed by atoms with E-state index >= 15 is 0 Å². The summed E-state index contributed by atoms with van der Waals surface area (Å²) in [5.74, 6) is 2.61. The third-order valence-electron chi connectivity index (χ3n) is 21.0. The maximum atomic E-state index is 14.8. The highest BCUT2D eigenvalue weighted by molar-refractivity contribution is 6.01. The molecule has 0 aromatic heterocycles. The lowest BCUT2D eigenvalue weighted by molar-refractivity contribution is -0.150. The number of carbonyl (C=O) groups excluding carboxylic acids is 9. The summed E-state index contributed by atoms with van der Waals surface area (Å²) in [4.78, 5) is 121. The molecule has 1 unspecified atom stereocenters. The SMILES string of the molecule is CC(C)[C@H](NC(=O)[C@H](N)CCCCNC(=O)COC1C#CCCCCC1)C(=O)N[C@@H](CCCNC(N)=O)C(=O)Nc1ccc(COC(=O)N[C@@H](CO)C(=O)Nc2ccc3c(c2)[C@@]2(C)CCC[C@](C)(C(=O)NC(=O)[C@@]4(C)CCC[C@]5(C)c6cc(O)ccc6CC[C@@H]45)[C@@H]2CC3)cc1. The number of rotatable bonds is 27. The van der Waals surface area contributed by atoms with Gasteiger partial charge >= 0.3 is 12.1 Å². The summed E-state index contributed by atoms with van der Waals surface area (Å²) < 4.78 is 11.1. The first-order valence-electron chi connectivity index (χ1n) is 34.1. The Morgan fingerprint density at radius 1 is 0.642 bits per heavy atom. The number of phenols is 1. The van der Waals surface area contributed by atoms with Crippen molar-refractivity contribution in [3.63, 3.8) is 0 Å². The van der Waals surface area contributed by atoms with Crippen molar-refractivity contribution < 1.29 is 62.8 Å².